The van der Waals surface area contributed by atoms with Crippen molar-refractivity contribution >= 4 is 23.2 Å². The minimum Gasteiger partial charge on any atom is -0.412 e. The summed E-state index contributed by atoms with van der Waals surface area (Å²) in [7, 11) is 0. The van der Waals surface area contributed by atoms with Gasteiger partial charge >= 0.3 is 0 Å². The maximum absolute atomic E-state index is 13.7. The third-order valence-corrected chi connectivity index (χ3v) is 8.24. The van der Waals surface area contributed by atoms with Crippen molar-refractivity contribution in [2.45, 2.75) is 64.3 Å². The zero-order chi connectivity index (χ0) is 24.5. The van der Waals surface area contributed by atoms with E-state index in [-0.39, 0.29) is 36.7 Å². The summed E-state index contributed by atoms with van der Waals surface area (Å²) >= 11 is 1.61. The molecule has 5 rings (SSSR count). The first kappa shape index (κ1) is 24.0. The molecule has 1 aliphatic carbocycles. The highest BCUT2D eigenvalue weighted by atomic mass is 32.1. The van der Waals surface area contributed by atoms with E-state index < -0.39 is 18.1 Å². The van der Waals surface area contributed by atoms with E-state index in [1.165, 1.54) is 0 Å². The van der Waals surface area contributed by atoms with E-state index in [1.807, 2.05) is 49.7 Å². The van der Waals surface area contributed by atoms with Gasteiger partial charge in [-0.15, -0.1) is 11.3 Å². The highest BCUT2D eigenvalue weighted by Gasteiger charge is 2.46. The van der Waals surface area contributed by atoms with Gasteiger partial charge in [-0.2, -0.15) is 5.48 Å². The van der Waals surface area contributed by atoms with Crippen LogP contribution in [0, 0.1) is 18.8 Å². The van der Waals surface area contributed by atoms with Gasteiger partial charge in [0, 0.05) is 19.5 Å². The molecule has 4 unspecified atom stereocenters. The van der Waals surface area contributed by atoms with Crippen LogP contribution in [0.15, 0.2) is 41.6 Å². The molecule has 1 saturated carbocycles. The number of hydrogen-bond donors (Lipinski definition) is 3. The molecule has 35 heavy (non-hydrogen) atoms. The van der Waals surface area contributed by atoms with E-state index in [1.54, 1.807) is 16.2 Å². The number of aliphatic hydroxyl groups is 1. The zero-order valence-electron chi connectivity index (χ0n) is 20.1. The number of carbonyl (C=O) groups excluding carboxylic acids is 2. The van der Waals surface area contributed by atoms with E-state index in [4.69, 9.17) is 4.84 Å². The van der Waals surface area contributed by atoms with Gasteiger partial charge in [0.25, 0.3) is 0 Å². The van der Waals surface area contributed by atoms with Crippen molar-refractivity contribution in [3.05, 3.63) is 52.9 Å². The summed E-state index contributed by atoms with van der Waals surface area (Å²) in [5, 5.41) is 13.3. The van der Waals surface area contributed by atoms with Crippen LogP contribution in [-0.4, -0.2) is 51.5 Å². The normalized spacial score (nSPS) is 25.1. The number of aliphatic hydroxyl groups excluding tert-OH is 1. The molecule has 1 saturated heterocycles. The molecule has 9 heteroatoms. The Bertz CT molecular complexity index is 1110. The van der Waals surface area contributed by atoms with Gasteiger partial charge in [0.05, 0.1) is 28.2 Å². The number of aryl methyl sites for hydroxylation is 1. The lowest BCUT2D eigenvalue weighted by atomic mass is 9.74. The molecule has 1 aromatic heterocycles. The van der Waals surface area contributed by atoms with Crippen molar-refractivity contribution in [1.82, 2.24) is 20.7 Å². The molecule has 2 fully saturated rings. The molecule has 3 aliphatic rings. The fourth-order valence-corrected chi connectivity index (χ4v) is 5.93. The van der Waals surface area contributed by atoms with Crippen molar-refractivity contribution in [2.24, 2.45) is 11.8 Å². The summed E-state index contributed by atoms with van der Waals surface area (Å²) in [6.07, 6.45) is 4.51. The Morgan fingerprint density at radius 3 is 2.69 bits per heavy atom. The highest BCUT2D eigenvalue weighted by molar-refractivity contribution is 7.13. The maximum atomic E-state index is 13.7. The minimum absolute atomic E-state index is 0.0371. The first-order valence-corrected chi connectivity index (χ1v) is 13.2. The lowest BCUT2D eigenvalue weighted by molar-refractivity contribution is -0.144. The van der Waals surface area contributed by atoms with Gasteiger partial charge in [0.15, 0.2) is 0 Å². The average molecular weight is 497 g/mol. The standard InChI is InChI=1S/C26H32N4O4S/c1-15-10-22(34-29-15)23(18-4-3-5-18)26(33)30-13-20(31)11-21(30)25(32)27-12-17-6-8-19(9-7-17)24-16(2)28-14-35-24/h6-10,14-15,18,20-21,23,29,31H,3-5,11-13H2,1-2H3,(H,27,32). The number of aromatic nitrogens is 1. The Kier molecular flexibility index (Phi) is 6.91. The molecule has 0 bridgehead atoms. The van der Waals surface area contributed by atoms with Gasteiger partial charge in [-0.3, -0.25) is 9.59 Å². The number of thiazole rings is 1. The number of nitrogens with zero attached hydrogens (tertiary/aromatic N) is 2. The maximum Gasteiger partial charge on any atom is 0.243 e. The van der Waals surface area contributed by atoms with Crippen LogP contribution in [0.3, 0.4) is 0 Å². The molecule has 186 valence electrons. The van der Waals surface area contributed by atoms with Crippen LogP contribution in [0.1, 0.15) is 43.9 Å². The van der Waals surface area contributed by atoms with Crippen LogP contribution in [0.2, 0.25) is 0 Å². The first-order valence-electron chi connectivity index (χ1n) is 12.3. The van der Waals surface area contributed by atoms with Gasteiger partial charge in [-0.05, 0) is 49.8 Å². The van der Waals surface area contributed by atoms with Crippen molar-refractivity contribution < 1.29 is 19.5 Å². The summed E-state index contributed by atoms with van der Waals surface area (Å²) in [6.45, 7) is 4.48. The van der Waals surface area contributed by atoms with Gasteiger partial charge in [-0.1, -0.05) is 30.7 Å². The smallest absolute Gasteiger partial charge is 0.243 e. The fourth-order valence-electron chi connectivity index (χ4n) is 5.12. The molecular formula is C26H32N4O4S. The van der Waals surface area contributed by atoms with Gasteiger partial charge in [0.1, 0.15) is 17.7 Å². The number of benzene rings is 1. The molecule has 1 aromatic carbocycles. The van der Waals surface area contributed by atoms with E-state index in [0.717, 1.165) is 41.0 Å². The summed E-state index contributed by atoms with van der Waals surface area (Å²) in [5.74, 6) is 0.0758. The molecule has 0 spiro atoms. The molecule has 4 atom stereocenters. The quantitative estimate of drug-likeness (QED) is 0.545. The molecule has 2 amide bonds. The molecule has 2 aliphatic heterocycles. The van der Waals surface area contributed by atoms with Crippen LogP contribution in [-0.2, 0) is 21.0 Å². The van der Waals surface area contributed by atoms with Crippen LogP contribution in [0.5, 0.6) is 0 Å². The van der Waals surface area contributed by atoms with Gasteiger partial charge < -0.3 is 20.2 Å². The molecule has 0 radical (unpaired) electrons. The number of likely N-dealkylation sites (tertiary alicyclic amines) is 1. The van der Waals surface area contributed by atoms with Gasteiger partial charge in [-0.25, -0.2) is 4.98 Å². The van der Waals surface area contributed by atoms with E-state index in [0.29, 0.717) is 12.3 Å². The Morgan fingerprint density at radius 2 is 2.09 bits per heavy atom. The van der Waals surface area contributed by atoms with Crippen LogP contribution in [0.25, 0.3) is 10.4 Å². The Morgan fingerprint density at radius 1 is 1.31 bits per heavy atom. The number of hydrogen-bond acceptors (Lipinski definition) is 7. The predicted octanol–water partition coefficient (Wildman–Crippen LogP) is 2.92. The molecule has 2 aromatic rings. The van der Waals surface area contributed by atoms with Crippen molar-refractivity contribution in [1.29, 1.82) is 0 Å². The lowest BCUT2D eigenvalue weighted by Crippen LogP contribution is -2.49. The summed E-state index contributed by atoms with van der Waals surface area (Å²) in [6, 6.07) is 7.40. The van der Waals surface area contributed by atoms with Crippen LogP contribution < -0.4 is 10.8 Å². The number of β-amino-alcohol motifs (C(OH)–C–C–N with tert-alkyl or cyclic N) is 1. The molecular weight excluding hydrogens is 464 g/mol. The monoisotopic (exact) mass is 496 g/mol. The predicted molar refractivity (Wildman–Crippen MR) is 133 cm³/mol. The molecule has 3 heterocycles. The SMILES string of the molecule is Cc1ncsc1-c1ccc(CNC(=O)C2CC(O)CN2C(=O)C(C2=CC(C)NO2)C2CCC2)cc1. The number of carbonyl (C=O) groups is 2. The topological polar surface area (TPSA) is 104 Å². The number of nitrogens with one attached hydrogen (secondary N) is 2. The lowest BCUT2D eigenvalue weighted by Gasteiger charge is -2.36. The van der Waals surface area contributed by atoms with Gasteiger partial charge in [0.2, 0.25) is 11.8 Å². The molecule has 8 nitrogen and oxygen atoms in total. The Hall–Kier alpha value is -2.75. The zero-order valence-corrected chi connectivity index (χ0v) is 20.9. The number of rotatable bonds is 7. The Balaban J connectivity index is 1.25. The molecule has 3 N–H and O–H groups in total. The van der Waals surface area contributed by atoms with Crippen LogP contribution in [0.4, 0.5) is 0 Å². The average Bonchev–Trinajstić information content (AvgIpc) is 3.54. The summed E-state index contributed by atoms with van der Waals surface area (Å²) < 4.78 is 0. The second kappa shape index (κ2) is 10.1. The van der Waals surface area contributed by atoms with E-state index >= 15 is 0 Å². The second-order valence-electron chi connectivity index (χ2n) is 9.82. The number of hydroxylamine groups is 1. The van der Waals surface area contributed by atoms with Crippen molar-refractivity contribution in [2.75, 3.05) is 6.54 Å². The Labute approximate surface area is 209 Å². The fraction of sp³-hybridized carbons (Fsp3) is 0.500. The highest BCUT2D eigenvalue weighted by Crippen LogP contribution is 2.40. The van der Waals surface area contributed by atoms with E-state index in [2.05, 4.69) is 15.8 Å². The first-order chi connectivity index (χ1) is 16.9. The third kappa shape index (κ3) is 4.98. The van der Waals surface area contributed by atoms with Crippen LogP contribution >= 0.6 is 11.3 Å². The van der Waals surface area contributed by atoms with Crippen molar-refractivity contribution in [3.63, 3.8) is 0 Å². The summed E-state index contributed by atoms with van der Waals surface area (Å²) in [4.78, 5) is 39.5. The third-order valence-electron chi connectivity index (χ3n) is 7.26. The van der Waals surface area contributed by atoms with Crippen molar-refractivity contribution in [3.8, 4) is 10.4 Å². The largest absolute Gasteiger partial charge is 0.412 e. The van der Waals surface area contributed by atoms with E-state index in [9.17, 15) is 14.7 Å². The second-order valence-corrected chi connectivity index (χ2v) is 10.7. The summed E-state index contributed by atoms with van der Waals surface area (Å²) in [5.41, 5.74) is 7.81. The number of amides is 2. The minimum atomic E-state index is -0.714.